The van der Waals surface area contributed by atoms with Crippen LogP contribution < -0.4 is 10.0 Å². The molecule has 0 aliphatic rings. The van der Waals surface area contributed by atoms with E-state index in [0.29, 0.717) is 11.5 Å². The number of anilines is 3. The molecule has 0 aliphatic carbocycles. The molecule has 0 unspecified atom stereocenters. The maximum Gasteiger partial charge on any atom is 0.261 e. The molecule has 2 aromatic carbocycles. The fraction of sp³-hybridized carbons (Fsp3) is 0.0556. The molecule has 24 heavy (non-hydrogen) atoms. The van der Waals surface area contributed by atoms with Gasteiger partial charge in [0.2, 0.25) is 0 Å². The second kappa shape index (κ2) is 6.72. The monoisotopic (exact) mass is 339 g/mol. The molecule has 0 atom stereocenters. The van der Waals surface area contributed by atoms with Crippen LogP contribution in [0.1, 0.15) is 5.56 Å². The van der Waals surface area contributed by atoms with E-state index in [1.54, 1.807) is 36.4 Å². The molecule has 0 spiro atoms. The summed E-state index contributed by atoms with van der Waals surface area (Å²) in [6.45, 7) is 1.91. The Hall–Kier alpha value is -2.86. The van der Waals surface area contributed by atoms with Crippen LogP contribution in [0.2, 0.25) is 0 Å². The van der Waals surface area contributed by atoms with Crippen molar-refractivity contribution in [2.24, 2.45) is 0 Å². The molecule has 2 N–H and O–H groups in total. The van der Waals surface area contributed by atoms with Crippen molar-refractivity contribution >= 4 is 27.2 Å². The number of para-hydroxylation sites is 1. The number of hydrogen-bond donors (Lipinski definition) is 2. The average molecular weight is 339 g/mol. The summed E-state index contributed by atoms with van der Waals surface area (Å²) >= 11 is 0. The first kappa shape index (κ1) is 16.0. The lowest BCUT2D eigenvalue weighted by Gasteiger charge is -2.09. The van der Waals surface area contributed by atoms with Gasteiger partial charge in [0.05, 0.1) is 16.8 Å². The zero-order valence-electron chi connectivity index (χ0n) is 13.1. The Balaban J connectivity index is 1.73. The van der Waals surface area contributed by atoms with Gasteiger partial charge in [0.15, 0.2) is 0 Å². The normalized spacial score (nSPS) is 11.0. The van der Waals surface area contributed by atoms with E-state index in [1.165, 1.54) is 6.20 Å². The van der Waals surface area contributed by atoms with Gasteiger partial charge < -0.3 is 5.32 Å². The molecule has 6 heteroatoms. The van der Waals surface area contributed by atoms with Crippen molar-refractivity contribution < 1.29 is 8.42 Å². The van der Waals surface area contributed by atoms with E-state index in [2.05, 4.69) is 15.0 Å². The van der Waals surface area contributed by atoms with Crippen molar-refractivity contribution in [2.45, 2.75) is 11.8 Å². The van der Waals surface area contributed by atoms with E-state index in [-0.39, 0.29) is 4.90 Å². The highest BCUT2D eigenvalue weighted by Crippen LogP contribution is 2.19. The van der Waals surface area contributed by atoms with Crippen molar-refractivity contribution in [1.29, 1.82) is 0 Å². The van der Waals surface area contributed by atoms with Gasteiger partial charge in [0, 0.05) is 5.69 Å². The van der Waals surface area contributed by atoms with Crippen LogP contribution in [0.4, 0.5) is 17.2 Å². The van der Waals surface area contributed by atoms with Crippen molar-refractivity contribution in [3.8, 4) is 0 Å². The van der Waals surface area contributed by atoms with Crippen LogP contribution >= 0.6 is 0 Å². The number of benzene rings is 2. The van der Waals surface area contributed by atoms with Crippen molar-refractivity contribution in [2.75, 3.05) is 10.0 Å². The molecule has 0 fully saturated rings. The number of aromatic nitrogens is 1. The van der Waals surface area contributed by atoms with Crippen LogP contribution in [0, 0.1) is 6.92 Å². The van der Waals surface area contributed by atoms with Gasteiger partial charge in [-0.1, -0.05) is 35.9 Å². The number of aryl methyl sites for hydroxylation is 1. The van der Waals surface area contributed by atoms with Gasteiger partial charge >= 0.3 is 0 Å². The van der Waals surface area contributed by atoms with E-state index < -0.39 is 10.0 Å². The maximum atomic E-state index is 12.3. The largest absolute Gasteiger partial charge is 0.340 e. The molecule has 0 radical (unpaired) electrons. The Bertz CT molecular complexity index is 907. The minimum Gasteiger partial charge on any atom is -0.340 e. The average Bonchev–Trinajstić information content (AvgIpc) is 2.58. The first-order chi connectivity index (χ1) is 11.5. The van der Waals surface area contributed by atoms with Gasteiger partial charge in [-0.25, -0.2) is 13.4 Å². The van der Waals surface area contributed by atoms with E-state index >= 15 is 0 Å². The number of pyridine rings is 1. The summed E-state index contributed by atoms with van der Waals surface area (Å²) < 4.78 is 27.2. The summed E-state index contributed by atoms with van der Waals surface area (Å²) in [6, 6.07) is 19.7. The smallest absolute Gasteiger partial charge is 0.261 e. The molecule has 1 heterocycles. The lowest BCUT2D eigenvalue weighted by atomic mass is 10.2. The van der Waals surface area contributed by atoms with Crippen molar-refractivity contribution in [3.63, 3.8) is 0 Å². The number of rotatable bonds is 5. The van der Waals surface area contributed by atoms with Crippen LogP contribution in [-0.2, 0) is 10.0 Å². The topological polar surface area (TPSA) is 71.1 Å². The van der Waals surface area contributed by atoms with E-state index in [4.69, 9.17) is 0 Å². The Morgan fingerprint density at radius 1 is 0.833 bits per heavy atom. The third-order valence-corrected chi connectivity index (χ3v) is 4.79. The van der Waals surface area contributed by atoms with Crippen LogP contribution in [-0.4, -0.2) is 13.4 Å². The van der Waals surface area contributed by atoms with Gasteiger partial charge in [-0.05, 0) is 43.3 Å². The zero-order valence-corrected chi connectivity index (χ0v) is 13.9. The molecule has 3 aromatic rings. The Kier molecular flexibility index (Phi) is 4.48. The molecular weight excluding hydrogens is 322 g/mol. The quantitative estimate of drug-likeness (QED) is 0.739. The summed E-state index contributed by atoms with van der Waals surface area (Å²) in [5.41, 5.74) is 2.33. The van der Waals surface area contributed by atoms with Crippen LogP contribution in [0.25, 0.3) is 0 Å². The third-order valence-electron chi connectivity index (χ3n) is 3.39. The van der Waals surface area contributed by atoms with Crippen LogP contribution in [0.15, 0.2) is 77.8 Å². The van der Waals surface area contributed by atoms with Crippen LogP contribution in [0.5, 0.6) is 0 Å². The highest BCUT2D eigenvalue weighted by molar-refractivity contribution is 7.92. The molecule has 5 nitrogen and oxygen atoms in total. The van der Waals surface area contributed by atoms with Gasteiger partial charge in [-0.2, -0.15) is 0 Å². The summed E-state index contributed by atoms with van der Waals surface area (Å²) in [5.74, 6) is 0.638. The molecule has 0 aliphatic heterocycles. The summed E-state index contributed by atoms with van der Waals surface area (Å²) in [4.78, 5) is 4.45. The summed E-state index contributed by atoms with van der Waals surface area (Å²) in [7, 11) is -3.61. The molecule has 0 saturated carbocycles. The van der Waals surface area contributed by atoms with E-state index in [9.17, 15) is 8.42 Å². The predicted molar refractivity (Wildman–Crippen MR) is 95.9 cm³/mol. The second-order valence-electron chi connectivity index (χ2n) is 5.34. The third kappa shape index (κ3) is 3.91. The maximum absolute atomic E-state index is 12.3. The second-order valence-corrected chi connectivity index (χ2v) is 7.02. The number of nitrogens with zero attached hydrogens (tertiary/aromatic N) is 1. The molecule has 1 aromatic heterocycles. The highest BCUT2D eigenvalue weighted by atomic mass is 32.2. The first-order valence-electron chi connectivity index (χ1n) is 7.40. The first-order valence-corrected chi connectivity index (χ1v) is 8.89. The molecular formula is C18H17N3O2S. The van der Waals surface area contributed by atoms with Gasteiger partial charge in [0.1, 0.15) is 5.82 Å². The number of sulfonamides is 1. The van der Waals surface area contributed by atoms with E-state index in [1.807, 2.05) is 37.3 Å². The predicted octanol–water partition coefficient (Wildman–Crippen LogP) is 3.93. The molecule has 3 rings (SSSR count). The molecule has 0 saturated heterocycles. The minimum atomic E-state index is -3.61. The summed E-state index contributed by atoms with van der Waals surface area (Å²) in [6.07, 6.45) is 1.48. The lowest BCUT2D eigenvalue weighted by molar-refractivity contribution is 0.601. The lowest BCUT2D eigenvalue weighted by Crippen LogP contribution is -2.13. The highest BCUT2D eigenvalue weighted by Gasteiger charge is 2.13. The minimum absolute atomic E-state index is 0.222. The Morgan fingerprint density at radius 3 is 2.17 bits per heavy atom. The Labute approximate surface area is 141 Å². The SMILES string of the molecule is Cc1ccc(S(=O)(=O)Nc2ccc(Nc3ccccc3)nc2)cc1. The Morgan fingerprint density at radius 2 is 1.54 bits per heavy atom. The van der Waals surface area contributed by atoms with E-state index in [0.717, 1.165) is 11.3 Å². The van der Waals surface area contributed by atoms with Gasteiger partial charge in [-0.3, -0.25) is 4.72 Å². The van der Waals surface area contributed by atoms with Crippen LogP contribution in [0.3, 0.4) is 0 Å². The fourth-order valence-electron chi connectivity index (χ4n) is 2.13. The molecule has 0 bridgehead atoms. The molecule has 0 amide bonds. The standard InChI is InChI=1S/C18H17N3O2S/c1-14-7-10-17(11-8-14)24(22,23)21-16-9-12-18(19-13-16)20-15-5-3-2-4-6-15/h2-13,21H,1H3,(H,19,20). The summed E-state index contributed by atoms with van der Waals surface area (Å²) in [5, 5.41) is 3.14. The fourth-order valence-corrected chi connectivity index (χ4v) is 3.17. The van der Waals surface area contributed by atoms with Crippen molar-refractivity contribution in [1.82, 2.24) is 4.98 Å². The van der Waals surface area contributed by atoms with Gasteiger partial charge in [0.25, 0.3) is 10.0 Å². The van der Waals surface area contributed by atoms with Gasteiger partial charge in [-0.15, -0.1) is 0 Å². The van der Waals surface area contributed by atoms with Crippen molar-refractivity contribution in [3.05, 3.63) is 78.5 Å². The molecule has 122 valence electrons. The zero-order chi connectivity index (χ0) is 17.0. The number of nitrogens with one attached hydrogen (secondary N) is 2. The number of hydrogen-bond acceptors (Lipinski definition) is 4.